The van der Waals surface area contributed by atoms with Gasteiger partial charge in [-0.05, 0) is 18.6 Å². The minimum atomic E-state index is -3.81. The molecule has 0 aromatic heterocycles. The van der Waals surface area contributed by atoms with E-state index in [0.717, 1.165) is 12.1 Å². The summed E-state index contributed by atoms with van der Waals surface area (Å²) in [6.45, 7) is 1.65. The molecule has 1 aromatic carbocycles. The van der Waals surface area contributed by atoms with Gasteiger partial charge in [-0.3, -0.25) is 0 Å². The SMILES string of the molecule is CCCS(=O)(=O)Oc1ccc(F)c(F)c1Cl. The van der Waals surface area contributed by atoms with Crippen molar-refractivity contribution in [3.8, 4) is 5.75 Å². The predicted octanol–water partition coefficient (Wildman–Crippen LogP) is 2.74. The number of rotatable bonds is 4. The van der Waals surface area contributed by atoms with E-state index in [2.05, 4.69) is 4.18 Å². The molecule has 0 saturated carbocycles. The third kappa shape index (κ3) is 3.05. The van der Waals surface area contributed by atoms with E-state index in [-0.39, 0.29) is 5.75 Å². The summed E-state index contributed by atoms with van der Waals surface area (Å²) in [6, 6.07) is 1.71. The van der Waals surface area contributed by atoms with Gasteiger partial charge in [0.1, 0.15) is 5.02 Å². The summed E-state index contributed by atoms with van der Waals surface area (Å²) in [7, 11) is -3.81. The molecular formula is C9H9ClF2O3S. The van der Waals surface area contributed by atoms with Crippen LogP contribution in [-0.4, -0.2) is 14.2 Å². The third-order valence-electron chi connectivity index (χ3n) is 1.67. The standard InChI is InChI=1S/C9H9ClF2O3S/c1-2-5-16(13,14)15-7-4-3-6(11)9(12)8(7)10/h3-4H,2,5H2,1H3. The normalized spacial score (nSPS) is 11.5. The first-order valence-corrected chi connectivity index (χ1v) is 6.38. The van der Waals surface area contributed by atoms with Crippen molar-refractivity contribution in [2.45, 2.75) is 13.3 Å². The van der Waals surface area contributed by atoms with Crippen LogP contribution in [0, 0.1) is 11.6 Å². The van der Waals surface area contributed by atoms with Gasteiger partial charge in [0.05, 0.1) is 5.75 Å². The lowest BCUT2D eigenvalue weighted by molar-refractivity contribution is 0.472. The van der Waals surface area contributed by atoms with E-state index < -0.39 is 32.5 Å². The first-order valence-electron chi connectivity index (χ1n) is 4.43. The van der Waals surface area contributed by atoms with E-state index in [1.807, 2.05) is 0 Å². The van der Waals surface area contributed by atoms with Crippen molar-refractivity contribution in [2.75, 3.05) is 5.75 Å². The highest BCUT2D eigenvalue weighted by Gasteiger charge is 2.18. The first kappa shape index (κ1) is 13.2. The summed E-state index contributed by atoms with van der Waals surface area (Å²) in [4.78, 5) is 0. The van der Waals surface area contributed by atoms with Gasteiger partial charge < -0.3 is 4.18 Å². The Bertz CT molecular complexity index is 488. The molecule has 0 aliphatic carbocycles. The van der Waals surface area contributed by atoms with Crippen LogP contribution in [0.15, 0.2) is 12.1 Å². The number of hydrogen-bond acceptors (Lipinski definition) is 3. The molecule has 0 unspecified atom stereocenters. The van der Waals surface area contributed by atoms with Gasteiger partial charge in [0.25, 0.3) is 0 Å². The average Bonchev–Trinajstić information content (AvgIpc) is 2.19. The summed E-state index contributed by atoms with van der Waals surface area (Å²) >= 11 is 5.40. The van der Waals surface area contributed by atoms with Gasteiger partial charge in [-0.2, -0.15) is 8.42 Å². The number of halogens is 3. The van der Waals surface area contributed by atoms with Gasteiger partial charge in [0.15, 0.2) is 17.4 Å². The van der Waals surface area contributed by atoms with Crippen LogP contribution < -0.4 is 4.18 Å². The molecule has 0 aliphatic heterocycles. The molecule has 1 rings (SSSR count). The summed E-state index contributed by atoms with van der Waals surface area (Å²) in [5, 5.41) is -0.681. The monoisotopic (exact) mass is 270 g/mol. The minimum absolute atomic E-state index is 0.220. The van der Waals surface area contributed by atoms with E-state index in [9.17, 15) is 17.2 Å². The van der Waals surface area contributed by atoms with Gasteiger partial charge >= 0.3 is 10.1 Å². The van der Waals surface area contributed by atoms with Crippen LogP contribution in [0.5, 0.6) is 5.75 Å². The molecule has 0 N–H and O–H groups in total. The molecule has 0 aliphatic rings. The topological polar surface area (TPSA) is 43.4 Å². The highest BCUT2D eigenvalue weighted by atomic mass is 35.5. The highest BCUT2D eigenvalue weighted by molar-refractivity contribution is 7.87. The van der Waals surface area contributed by atoms with Crippen LogP contribution in [0.2, 0.25) is 5.02 Å². The van der Waals surface area contributed by atoms with Crippen molar-refractivity contribution < 1.29 is 21.4 Å². The molecule has 0 radical (unpaired) electrons. The summed E-state index contributed by atoms with van der Waals surface area (Å²) < 4.78 is 52.7. The molecule has 0 amide bonds. The lowest BCUT2D eigenvalue weighted by Gasteiger charge is -2.08. The van der Waals surface area contributed by atoms with Crippen molar-refractivity contribution in [3.63, 3.8) is 0 Å². The highest BCUT2D eigenvalue weighted by Crippen LogP contribution is 2.29. The molecule has 3 nitrogen and oxygen atoms in total. The Morgan fingerprint density at radius 2 is 2.00 bits per heavy atom. The Balaban J connectivity index is 3.04. The smallest absolute Gasteiger partial charge is 0.309 e. The second-order valence-electron chi connectivity index (χ2n) is 3.02. The molecule has 1 aromatic rings. The van der Waals surface area contributed by atoms with Gasteiger partial charge in [0, 0.05) is 0 Å². The molecule has 0 spiro atoms. The fourth-order valence-electron chi connectivity index (χ4n) is 1.00. The Labute approximate surface area is 97.1 Å². The Kier molecular flexibility index (Phi) is 4.09. The summed E-state index contributed by atoms with van der Waals surface area (Å²) in [5.41, 5.74) is 0. The van der Waals surface area contributed by atoms with Gasteiger partial charge in [-0.1, -0.05) is 18.5 Å². The van der Waals surface area contributed by atoms with Crippen LogP contribution in [0.25, 0.3) is 0 Å². The van der Waals surface area contributed by atoms with Crippen LogP contribution in [0.3, 0.4) is 0 Å². The fourth-order valence-corrected chi connectivity index (χ4v) is 2.23. The van der Waals surface area contributed by atoms with Crippen LogP contribution in [0.4, 0.5) is 8.78 Å². The van der Waals surface area contributed by atoms with E-state index >= 15 is 0 Å². The van der Waals surface area contributed by atoms with Crippen LogP contribution >= 0.6 is 11.6 Å². The molecule has 0 fully saturated rings. The maximum atomic E-state index is 13.0. The zero-order chi connectivity index (χ0) is 12.3. The fraction of sp³-hybridized carbons (Fsp3) is 0.333. The predicted molar refractivity (Wildman–Crippen MR) is 56.1 cm³/mol. The number of benzene rings is 1. The Hall–Kier alpha value is -0.880. The zero-order valence-corrected chi connectivity index (χ0v) is 9.91. The molecule has 0 atom stereocenters. The van der Waals surface area contributed by atoms with Gasteiger partial charge in [-0.15, -0.1) is 0 Å². The van der Waals surface area contributed by atoms with E-state index in [4.69, 9.17) is 11.6 Å². The summed E-state index contributed by atoms with van der Waals surface area (Å²) in [5.74, 6) is -3.12. The third-order valence-corrected chi connectivity index (χ3v) is 3.36. The van der Waals surface area contributed by atoms with Crippen molar-refractivity contribution in [1.82, 2.24) is 0 Å². The van der Waals surface area contributed by atoms with Crippen molar-refractivity contribution in [2.24, 2.45) is 0 Å². The quantitative estimate of drug-likeness (QED) is 0.624. The Morgan fingerprint density at radius 3 is 2.56 bits per heavy atom. The van der Waals surface area contributed by atoms with E-state index in [0.29, 0.717) is 6.42 Å². The second kappa shape index (κ2) is 4.97. The molecular weight excluding hydrogens is 262 g/mol. The van der Waals surface area contributed by atoms with Crippen molar-refractivity contribution in [1.29, 1.82) is 0 Å². The van der Waals surface area contributed by atoms with Crippen LogP contribution in [-0.2, 0) is 10.1 Å². The molecule has 90 valence electrons. The van der Waals surface area contributed by atoms with Gasteiger partial charge in [0.2, 0.25) is 0 Å². The molecule has 0 heterocycles. The molecule has 0 saturated heterocycles. The maximum Gasteiger partial charge on any atom is 0.309 e. The molecule has 0 bridgehead atoms. The van der Waals surface area contributed by atoms with E-state index in [1.54, 1.807) is 6.92 Å². The number of hydrogen-bond donors (Lipinski definition) is 0. The Morgan fingerprint density at radius 1 is 1.38 bits per heavy atom. The molecule has 7 heteroatoms. The molecule has 16 heavy (non-hydrogen) atoms. The zero-order valence-electron chi connectivity index (χ0n) is 8.34. The van der Waals surface area contributed by atoms with Crippen molar-refractivity contribution in [3.05, 3.63) is 28.8 Å². The average molecular weight is 271 g/mol. The largest absolute Gasteiger partial charge is 0.381 e. The minimum Gasteiger partial charge on any atom is -0.381 e. The van der Waals surface area contributed by atoms with Crippen molar-refractivity contribution >= 4 is 21.7 Å². The first-order chi connectivity index (χ1) is 7.37. The van der Waals surface area contributed by atoms with Gasteiger partial charge in [-0.25, -0.2) is 8.78 Å². The lowest BCUT2D eigenvalue weighted by atomic mass is 10.3. The second-order valence-corrected chi connectivity index (χ2v) is 5.09. The lowest BCUT2D eigenvalue weighted by Crippen LogP contribution is -2.13. The summed E-state index contributed by atoms with van der Waals surface area (Å²) in [6.07, 6.45) is 0.351. The van der Waals surface area contributed by atoms with Crippen LogP contribution in [0.1, 0.15) is 13.3 Å². The van der Waals surface area contributed by atoms with E-state index in [1.165, 1.54) is 0 Å². The maximum absolute atomic E-state index is 13.0.